The van der Waals surface area contributed by atoms with Crippen molar-refractivity contribution in [1.29, 1.82) is 0 Å². The number of aryl methyl sites for hydroxylation is 1. The smallest absolute Gasteiger partial charge is 0.324 e. The van der Waals surface area contributed by atoms with E-state index in [0.717, 1.165) is 47.2 Å². The number of pyridine rings is 1. The van der Waals surface area contributed by atoms with Crippen LogP contribution >= 0.6 is 0 Å². The van der Waals surface area contributed by atoms with Gasteiger partial charge in [-0.15, -0.1) is 0 Å². The molecule has 5 rings (SSSR count). The second kappa shape index (κ2) is 14.2. The molecule has 0 unspecified atom stereocenters. The van der Waals surface area contributed by atoms with E-state index in [1.807, 2.05) is 54.6 Å². The highest BCUT2D eigenvalue weighted by molar-refractivity contribution is 6.07. The third-order valence-electron chi connectivity index (χ3n) is 6.74. The minimum absolute atomic E-state index is 0.0801. The largest absolute Gasteiger partial charge is 0.497 e. The van der Waals surface area contributed by atoms with E-state index in [2.05, 4.69) is 27.9 Å². The summed E-state index contributed by atoms with van der Waals surface area (Å²) >= 11 is 0. The quantitative estimate of drug-likeness (QED) is 0.145. The fraction of sp³-hybridized carbons (Fsp3) is 0.212. The van der Waals surface area contributed by atoms with Gasteiger partial charge in [0.15, 0.2) is 0 Å². The lowest BCUT2D eigenvalue weighted by atomic mass is 10.1. The summed E-state index contributed by atoms with van der Waals surface area (Å²) in [5.41, 5.74) is 2.30. The number of carbonyl (C=O) groups is 2. The van der Waals surface area contributed by atoms with E-state index >= 15 is 0 Å². The van der Waals surface area contributed by atoms with Crippen molar-refractivity contribution in [1.82, 2.24) is 14.8 Å². The van der Waals surface area contributed by atoms with Gasteiger partial charge in [-0.25, -0.2) is 14.5 Å². The number of carbonyl (C=O) groups excluding carboxylic acids is 2. The van der Waals surface area contributed by atoms with E-state index in [0.29, 0.717) is 28.8 Å². The molecule has 0 radical (unpaired) electrons. The molecule has 2 heterocycles. The van der Waals surface area contributed by atoms with E-state index in [9.17, 15) is 9.59 Å². The first-order chi connectivity index (χ1) is 21.5. The average Bonchev–Trinajstić information content (AvgIpc) is 3.43. The zero-order valence-corrected chi connectivity index (χ0v) is 24.8. The second-order valence-electron chi connectivity index (χ2n) is 9.93. The van der Waals surface area contributed by atoms with Gasteiger partial charge >= 0.3 is 6.03 Å². The average molecular weight is 595 g/mol. The van der Waals surface area contributed by atoms with Crippen molar-refractivity contribution < 1.29 is 23.8 Å². The number of methoxy groups -OCH3 is 2. The van der Waals surface area contributed by atoms with Crippen molar-refractivity contribution >= 4 is 40.0 Å². The van der Waals surface area contributed by atoms with Crippen molar-refractivity contribution in [3.63, 3.8) is 0 Å². The summed E-state index contributed by atoms with van der Waals surface area (Å²) in [7, 11) is 3.06. The number of nitrogens with one attached hydrogen (secondary N) is 3. The molecular formula is C33H34N6O5. The Bertz CT molecular complexity index is 1750. The Balaban J connectivity index is 1.36. The summed E-state index contributed by atoms with van der Waals surface area (Å²) in [6.45, 7) is 2.05. The van der Waals surface area contributed by atoms with E-state index < -0.39 is 6.03 Å². The van der Waals surface area contributed by atoms with Gasteiger partial charge < -0.3 is 24.8 Å². The molecule has 11 heteroatoms. The molecule has 3 amide bonds. The van der Waals surface area contributed by atoms with Crippen molar-refractivity contribution in [3.05, 3.63) is 90.8 Å². The van der Waals surface area contributed by atoms with Crippen LogP contribution in [0.2, 0.25) is 0 Å². The van der Waals surface area contributed by atoms with Crippen LogP contribution in [0.25, 0.3) is 16.5 Å². The van der Waals surface area contributed by atoms with E-state index in [-0.39, 0.29) is 12.5 Å². The van der Waals surface area contributed by atoms with Crippen molar-refractivity contribution in [3.8, 4) is 22.9 Å². The van der Waals surface area contributed by atoms with Crippen LogP contribution in [0.1, 0.15) is 25.5 Å². The monoisotopic (exact) mass is 594 g/mol. The van der Waals surface area contributed by atoms with Crippen molar-refractivity contribution in [2.24, 2.45) is 0 Å². The Kier molecular flexibility index (Phi) is 9.68. The van der Waals surface area contributed by atoms with Crippen LogP contribution in [0, 0.1) is 0 Å². The first-order valence-corrected chi connectivity index (χ1v) is 14.2. The van der Waals surface area contributed by atoms with Gasteiger partial charge in [-0.2, -0.15) is 5.10 Å². The maximum absolute atomic E-state index is 13.3. The Morgan fingerprint density at radius 3 is 2.41 bits per heavy atom. The zero-order chi connectivity index (χ0) is 30.9. The number of unbranched alkanes of at least 4 members (excludes halogenated alkanes) is 1. The maximum atomic E-state index is 13.3. The topological polar surface area (TPSA) is 129 Å². The van der Waals surface area contributed by atoms with Gasteiger partial charge in [0, 0.05) is 36.2 Å². The fourth-order valence-electron chi connectivity index (χ4n) is 4.64. The zero-order valence-electron chi connectivity index (χ0n) is 24.8. The third-order valence-corrected chi connectivity index (χ3v) is 6.74. The number of rotatable bonds is 12. The van der Waals surface area contributed by atoms with Gasteiger partial charge in [0.2, 0.25) is 0 Å². The first kappa shape index (κ1) is 30.1. The number of hydrogen-bond acceptors (Lipinski definition) is 7. The van der Waals surface area contributed by atoms with Gasteiger partial charge in [-0.1, -0.05) is 37.6 Å². The summed E-state index contributed by atoms with van der Waals surface area (Å²) < 4.78 is 18.0. The molecule has 3 aromatic carbocycles. The molecule has 0 aliphatic rings. The lowest BCUT2D eigenvalue weighted by Crippen LogP contribution is -2.21. The minimum Gasteiger partial charge on any atom is -0.497 e. The van der Waals surface area contributed by atoms with E-state index in [4.69, 9.17) is 19.3 Å². The highest BCUT2D eigenvalue weighted by atomic mass is 16.5. The Morgan fingerprint density at radius 2 is 1.66 bits per heavy atom. The molecule has 0 saturated carbocycles. The molecule has 11 nitrogen and oxygen atoms in total. The molecule has 0 bridgehead atoms. The van der Waals surface area contributed by atoms with Crippen molar-refractivity contribution in [2.45, 2.75) is 26.2 Å². The molecular weight excluding hydrogens is 560 g/mol. The summed E-state index contributed by atoms with van der Waals surface area (Å²) in [4.78, 5) is 29.4. The minimum atomic E-state index is -0.411. The molecule has 226 valence electrons. The number of urea groups is 1. The summed E-state index contributed by atoms with van der Waals surface area (Å²) in [6, 6.07) is 23.5. The van der Waals surface area contributed by atoms with Crippen LogP contribution in [0.4, 0.5) is 22.1 Å². The molecule has 0 aliphatic heterocycles. The summed E-state index contributed by atoms with van der Waals surface area (Å²) in [6.07, 6.45) is 4.39. The van der Waals surface area contributed by atoms with Crippen molar-refractivity contribution in [2.75, 3.05) is 36.8 Å². The highest BCUT2D eigenvalue weighted by Crippen LogP contribution is 2.35. The lowest BCUT2D eigenvalue weighted by molar-refractivity contribution is -0.119. The van der Waals surface area contributed by atoms with Gasteiger partial charge in [0.05, 0.1) is 24.2 Å². The molecule has 0 aliphatic carbocycles. The van der Waals surface area contributed by atoms with Gasteiger partial charge in [-0.3, -0.25) is 10.1 Å². The fourth-order valence-corrected chi connectivity index (χ4v) is 4.64. The maximum Gasteiger partial charge on any atom is 0.324 e. The number of hydrogen-bond donors (Lipinski definition) is 3. The lowest BCUT2D eigenvalue weighted by Gasteiger charge is -2.15. The first-order valence-electron chi connectivity index (χ1n) is 14.2. The van der Waals surface area contributed by atoms with E-state index in [1.54, 1.807) is 42.3 Å². The molecule has 3 N–H and O–H groups in total. The molecule has 0 spiro atoms. The molecule has 0 fully saturated rings. The number of nitrogens with zero attached hydrogens (tertiary/aromatic N) is 3. The molecule has 5 aromatic rings. The van der Waals surface area contributed by atoms with Crippen LogP contribution < -0.4 is 25.4 Å². The molecule has 44 heavy (non-hydrogen) atoms. The summed E-state index contributed by atoms with van der Waals surface area (Å²) in [5, 5.41) is 14.9. The van der Waals surface area contributed by atoms with Crippen LogP contribution in [0.3, 0.4) is 0 Å². The van der Waals surface area contributed by atoms with Gasteiger partial charge in [-0.05, 0) is 55.3 Å². The second-order valence-corrected chi connectivity index (χ2v) is 9.93. The SMILES string of the molecule is CCCCc1cc(NC(=O)Nc2ccc(Oc3ccnc(NC(=O)COC)c3)c3ccccc23)n(-c2ccc(OC)cc2)n1. The number of amides is 3. The van der Waals surface area contributed by atoms with Crippen LogP contribution in [0.5, 0.6) is 17.2 Å². The third kappa shape index (κ3) is 7.31. The number of ether oxygens (including phenoxy) is 3. The highest BCUT2D eigenvalue weighted by Gasteiger charge is 2.15. The molecule has 0 saturated heterocycles. The predicted molar refractivity (Wildman–Crippen MR) is 170 cm³/mol. The normalized spacial score (nSPS) is 10.8. The predicted octanol–water partition coefficient (Wildman–Crippen LogP) is 6.79. The van der Waals surface area contributed by atoms with Crippen LogP contribution in [-0.2, 0) is 16.0 Å². The molecule has 0 atom stereocenters. The number of benzene rings is 3. The number of aromatic nitrogens is 3. The Labute approximate surface area is 255 Å². The van der Waals surface area contributed by atoms with Gasteiger partial charge in [0.1, 0.15) is 35.5 Å². The van der Waals surface area contributed by atoms with Crippen LogP contribution in [-0.4, -0.2) is 47.5 Å². The van der Waals surface area contributed by atoms with Crippen LogP contribution in [0.15, 0.2) is 85.1 Å². The Morgan fingerprint density at radius 1 is 0.864 bits per heavy atom. The summed E-state index contributed by atoms with van der Waals surface area (Å²) in [5.74, 6) is 2.37. The van der Waals surface area contributed by atoms with Gasteiger partial charge in [0.25, 0.3) is 5.91 Å². The molecule has 2 aromatic heterocycles. The standard InChI is InChI=1S/C33H34N6O5/c1-4-5-8-22-19-31(39(38-22)23-11-13-24(43-3)14-12-23)37-33(41)35-28-15-16-29(27-10-7-6-9-26(27)28)44-25-17-18-34-30(20-25)36-32(40)21-42-2/h6-7,9-20H,4-5,8,21H2,1-3H3,(H,34,36,40)(H2,35,37,41). The Hall–Kier alpha value is -5.42. The number of fused-ring (bicyclic) bond motifs is 1. The van der Waals surface area contributed by atoms with E-state index in [1.165, 1.54) is 7.11 Å². The number of anilines is 3.